The van der Waals surface area contributed by atoms with E-state index in [0.717, 1.165) is 36.5 Å². The first-order valence-electron chi connectivity index (χ1n) is 5.39. The van der Waals surface area contributed by atoms with E-state index in [4.69, 9.17) is 0 Å². The van der Waals surface area contributed by atoms with Crippen LogP contribution < -0.4 is 0 Å². The monoisotopic (exact) mass is 164 g/mol. The van der Waals surface area contributed by atoms with Gasteiger partial charge in [0.1, 0.15) is 0 Å². The molecule has 1 heteroatoms. The Morgan fingerprint density at radius 1 is 1.33 bits per heavy atom. The van der Waals surface area contributed by atoms with Crippen molar-refractivity contribution in [3.05, 3.63) is 0 Å². The van der Waals surface area contributed by atoms with Gasteiger partial charge in [-0.1, -0.05) is 6.92 Å². The third-order valence-electron chi connectivity index (χ3n) is 5.60. The molecule has 4 rings (SSSR count). The summed E-state index contributed by atoms with van der Waals surface area (Å²) in [5.74, 6) is 3.77. The van der Waals surface area contributed by atoms with Crippen LogP contribution in [0.1, 0.15) is 32.6 Å². The van der Waals surface area contributed by atoms with E-state index >= 15 is 0 Å². The molecule has 1 nitrogen and oxygen atoms in total. The quantitative estimate of drug-likeness (QED) is 0.579. The van der Waals surface area contributed by atoms with Crippen LogP contribution in [0.4, 0.5) is 0 Å². The van der Waals surface area contributed by atoms with Gasteiger partial charge in [-0.15, -0.1) is 0 Å². The van der Waals surface area contributed by atoms with Crippen LogP contribution in [0.3, 0.4) is 0 Å². The van der Waals surface area contributed by atoms with Gasteiger partial charge in [-0.05, 0) is 49.4 Å². The fraction of sp³-hybridized carbons (Fsp3) is 1.00. The summed E-state index contributed by atoms with van der Waals surface area (Å²) in [6.07, 6.45) is 5.11. The maximum Gasteiger partial charge on any atom is 0.0716 e. The molecule has 0 aromatic rings. The van der Waals surface area contributed by atoms with Crippen LogP contribution in [0.25, 0.3) is 0 Å². The van der Waals surface area contributed by atoms with E-state index in [9.17, 15) is 5.11 Å². The van der Waals surface area contributed by atoms with E-state index in [-0.39, 0.29) is 5.60 Å². The molecule has 1 spiro atoms. The Labute approximate surface area is 73.2 Å². The predicted octanol–water partition coefficient (Wildman–Crippen LogP) is 1.80. The average molecular weight is 164 g/mol. The summed E-state index contributed by atoms with van der Waals surface area (Å²) in [4.78, 5) is 0. The predicted molar refractivity (Wildman–Crippen MR) is 45.5 cm³/mol. The smallest absolute Gasteiger partial charge is 0.0716 e. The molecule has 4 fully saturated rings. The summed E-state index contributed by atoms with van der Waals surface area (Å²) in [6, 6.07) is 0. The number of hydrogen-bond acceptors (Lipinski definition) is 1. The molecule has 12 heavy (non-hydrogen) atoms. The maximum atomic E-state index is 10.2. The van der Waals surface area contributed by atoms with Crippen molar-refractivity contribution < 1.29 is 5.11 Å². The van der Waals surface area contributed by atoms with E-state index in [1.54, 1.807) is 0 Å². The van der Waals surface area contributed by atoms with E-state index in [1.807, 2.05) is 0 Å². The Bertz CT molecular complexity index is 274. The molecule has 1 N–H and O–H groups in total. The van der Waals surface area contributed by atoms with Gasteiger partial charge in [-0.3, -0.25) is 0 Å². The van der Waals surface area contributed by atoms with Crippen molar-refractivity contribution in [3.63, 3.8) is 0 Å². The third-order valence-corrected chi connectivity index (χ3v) is 5.60. The number of fused-ring (bicyclic) bond motifs is 2. The molecule has 4 saturated carbocycles. The molecule has 0 radical (unpaired) electrons. The summed E-state index contributed by atoms with van der Waals surface area (Å²) in [7, 11) is 0. The molecule has 0 aromatic heterocycles. The van der Waals surface area contributed by atoms with Gasteiger partial charge in [-0.2, -0.15) is 0 Å². The molecule has 4 aliphatic rings. The zero-order valence-electron chi connectivity index (χ0n) is 7.59. The summed E-state index contributed by atoms with van der Waals surface area (Å²) in [5.41, 5.74) is 0.302. The number of hydrogen-bond donors (Lipinski definition) is 1. The minimum atomic E-state index is -0.165. The molecular weight excluding hydrogens is 148 g/mol. The highest BCUT2D eigenvalue weighted by atomic mass is 16.3. The highest BCUT2D eigenvalue weighted by Gasteiger charge is 2.81. The molecule has 0 aliphatic heterocycles. The lowest BCUT2D eigenvalue weighted by Gasteiger charge is -2.27. The van der Waals surface area contributed by atoms with Crippen molar-refractivity contribution in [2.45, 2.75) is 38.2 Å². The van der Waals surface area contributed by atoms with Crippen LogP contribution in [-0.4, -0.2) is 10.7 Å². The summed E-state index contributed by atoms with van der Waals surface area (Å²) in [6.45, 7) is 2.41. The molecular formula is C11H16O. The van der Waals surface area contributed by atoms with Crippen molar-refractivity contribution in [1.29, 1.82) is 0 Å². The standard InChI is InChI=1S/C11H16O/c1-6-7-3-10(9-2-8(6)9)5-11(10,12)4-7/h6-9,12H,2-5H2,1H3. The summed E-state index contributed by atoms with van der Waals surface area (Å²) in [5, 5.41) is 10.2. The van der Waals surface area contributed by atoms with Crippen LogP contribution in [0.15, 0.2) is 0 Å². The minimum Gasteiger partial charge on any atom is -0.389 e. The number of rotatable bonds is 0. The molecule has 6 unspecified atom stereocenters. The van der Waals surface area contributed by atoms with E-state index in [0.29, 0.717) is 5.41 Å². The Morgan fingerprint density at radius 3 is 3.00 bits per heavy atom. The van der Waals surface area contributed by atoms with Crippen LogP contribution in [-0.2, 0) is 0 Å². The molecule has 0 heterocycles. The van der Waals surface area contributed by atoms with Crippen molar-refractivity contribution in [3.8, 4) is 0 Å². The van der Waals surface area contributed by atoms with E-state index in [1.165, 1.54) is 12.8 Å². The third kappa shape index (κ3) is 0.433. The lowest BCUT2D eigenvalue weighted by molar-refractivity contribution is 0.109. The summed E-state index contributed by atoms with van der Waals surface area (Å²) >= 11 is 0. The summed E-state index contributed by atoms with van der Waals surface area (Å²) < 4.78 is 0. The highest BCUT2D eigenvalue weighted by molar-refractivity contribution is 5.31. The zero-order valence-corrected chi connectivity index (χ0v) is 7.59. The molecule has 0 aromatic carbocycles. The first-order valence-corrected chi connectivity index (χ1v) is 5.39. The lowest BCUT2D eigenvalue weighted by atomic mass is 9.77. The fourth-order valence-corrected chi connectivity index (χ4v) is 4.77. The lowest BCUT2D eigenvalue weighted by Crippen LogP contribution is -2.21. The Kier molecular flexibility index (Phi) is 0.744. The van der Waals surface area contributed by atoms with Crippen molar-refractivity contribution >= 4 is 0 Å². The molecule has 0 amide bonds. The first kappa shape index (κ1) is 6.42. The van der Waals surface area contributed by atoms with Gasteiger partial charge >= 0.3 is 0 Å². The normalized spacial score (nSPS) is 76.5. The van der Waals surface area contributed by atoms with Crippen molar-refractivity contribution in [1.82, 2.24) is 0 Å². The van der Waals surface area contributed by atoms with Crippen LogP contribution >= 0.6 is 0 Å². The maximum absolute atomic E-state index is 10.2. The Balaban J connectivity index is 1.83. The average Bonchev–Trinajstić information content (AvgIpc) is 2.86. The van der Waals surface area contributed by atoms with Crippen LogP contribution in [0, 0.1) is 29.1 Å². The SMILES string of the molecule is CC1C2CC3(O)CC3(C2)C2CC12. The second-order valence-corrected chi connectivity index (χ2v) is 5.90. The topological polar surface area (TPSA) is 20.2 Å². The van der Waals surface area contributed by atoms with Gasteiger partial charge < -0.3 is 5.11 Å². The van der Waals surface area contributed by atoms with Gasteiger partial charge in [0.25, 0.3) is 0 Å². The van der Waals surface area contributed by atoms with Crippen LogP contribution in [0.5, 0.6) is 0 Å². The largest absolute Gasteiger partial charge is 0.389 e. The molecule has 2 bridgehead atoms. The van der Waals surface area contributed by atoms with E-state index in [2.05, 4.69) is 6.92 Å². The molecule has 66 valence electrons. The molecule has 0 saturated heterocycles. The van der Waals surface area contributed by atoms with Gasteiger partial charge in [0, 0.05) is 5.41 Å². The second kappa shape index (κ2) is 1.39. The van der Waals surface area contributed by atoms with Gasteiger partial charge in [-0.25, -0.2) is 0 Å². The minimum absolute atomic E-state index is 0.165. The van der Waals surface area contributed by atoms with Crippen molar-refractivity contribution in [2.75, 3.05) is 0 Å². The zero-order chi connectivity index (χ0) is 8.14. The Morgan fingerprint density at radius 2 is 2.17 bits per heavy atom. The van der Waals surface area contributed by atoms with Gasteiger partial charge in [0.15, 0.2) is 0 Å². The van der Waals surface area contributed by atoms with Gasteiger partial charge in [0.05, 0.1) is 5.60 Å². The van der Waals surface area contributed by atoms with Gasteiger partial charge in [0.2, 0.25) is 0 Å². The second-order valence-electron chi connectivity index (χ2n) is 5.90. The van der Waals surface area contributed by atoms with E-state index < -0.39 is 0 Å². The van der Waals surface area contributed by atoms with Crippen molar-refractivity contribution in [2.24, 2.45) is 29.1 Å². The van der Waals surface area contributed by atoms with Crippen LogP contribution in [0.2, 0.25) is 0 Å². The molecule has 4 aliphatic carbocycles. The number of aliphatic hydroxyl groups is 1. The Hall–Kier alpha value is -0.0400. The first-order chi connectivity index (χ1) is 5.66. The highest BCUT2D eigenvalue weighted by Crippen LogP contribution is 2.83. The fourth-order valence-electron chi connectivity index (χ4n) is 4.77. The molecule has 6 atom stereocenters.